The molecule has 0 aromatic heterocycles. The maximum atomic E-state index is 14.2. The van der Waals surface area contributed by atoms with Crippen LogP contribution in [0.25, 0.3) is 0 Å². The van der Waals surface area contributed by atoms with Gasteiger partial charge in [0.15, 0.2) is 0 Å². The molecular weight excluding hydrogens is 617 g/mol. The standard InChI is InChI=1S/C31H34Cl3N3O4S/c1-20-11-15-26(16-12-20)42(40,41)37(29-10-6-9-27(33)21(29)2)19-30(38)36(18-23-13-14-24(32)17-28(23)34)22(3)31(39)35-25-7-4-5-8-25/h6,9-17,22,25H,4-5,7-8,18-19H2,1-3H3,(H,35,39). The number of rotatable bonds is 10. The van der Waals surface area contributed by atoms with Gasteiger partial charge in [0, 0.05) is 27.7 Å². The van der Waals surface area contributed by atoms with Crippen molar-refractivity contribution in [2.45, 2.75) is 70.0 Å². The van der Waals surface area contributed by atoms with Gasteiger partial charge in [-0.2, -0.15) is 0 Å². The van der Waals surface area contributed by atoms with Crippen molar-refractivity contribution in [3.63, 3.8) is 0 Å². The lowest BCUT2D eigenvalue weighted by Crippen LogP contribution is -2.52. The van der Waals surface area contributed by atoms with Gasteiger partial charge in [-0.05, 0) is 81.1 Å². The molecule has 0 spiro atoms. The molecule has 2 amide bonds. The van der Waals surface area contributed by atoms with Crippen LogP contribution in [0.4, 0.5) is 5.69 Å². The zero-order valence-corrected chi connectivity index (χ0v) is 26.8. The molecular formula is C31H34Cl3N3O4S. The molecule has 3 aromatic rings. The van der Waals surface area contributed by atoms with Gasteiger partial charge in [0.05, 0.1) is 10.6 Å². The molecule has 0 heterocycles. The molecule has 0 radical (unpaired) electrons. The van der Waals surface area contributed by atoms with E-state index < -0.39 is 28.5 Å². The van der Waals surface area contributed by atoms with E-state index in [1.54, 1.807) is 62.4 Å². The molecule has 1 N–H and O–H groups in total. The molecule has 7 nitrogen and oxygen atoms in total. The molecule has 4 rings (SSSR count). The Morgan fingerprint density at radius 1 is 0.952 bits per heavy atom. The van der Waals surface area contributed by atoms with Crippen molar-refractivity contribution in [3.8, 4) is 0 Å². The number of aryl methyl sites for hydroxylation is 1. The number of nitrogens with zero attached hydrogens (tertiary/aromatic N) is 2. The van der Waals surface area contributed by atoms with E-state index in [-0.39, 0.29) is 29.1 Å². The average Bonchev–Trinajstić information content (AvgIpc) is 3.46. The highest BCUT2D eigenvalue weighted by molar-refractivity contribution is 7.92. The van der Waals surface area contributed by atoms with Crippen molar-refractivity contribution in [1.29, 1.82) is 0 Å². The molecule has 1 unspecified atom stereocenters. The van der Waals surface area contributed by atoms with Crippen LogP contribution < -0.4 is 9.62 Å². The fourth-order valence-electron chi connectivity index (χ4n) is 5.03. The quantitative estimate of drug-likeness (QED) is 0.258. The third kappa shape index (κ3) is 7.40. The molecule has 1 atom stereocenters. The van der Waals surface area contributed by atoms with Crippen molar-refractivity contribution in [2.24, 2.45) is 0 Å². The SMILES string of the molecule is Cc1ccc(S(=O)(=O)N(CC(=O)N(Cc2ccc(Cl)cc2Cl)C(C)C(=O)NC2CCCC2)c2cccc(Cl)c2C)cc1. The minimum Gasteiger partial charge on any atom is -0.352 e. The van der Waals surface area contributed by atoms with Crippen LogP contribution in [-0.2, 0) is 26.2 Å². The van der Waals surface area contributed by atoms with Crippen LogP contribution in [-0.4, -0.2) is 43.8 Å². The number of benzene rings is 3. The molecule has 1 saturated carbocycles. The summed E-state index contributed by atoms with van der Waals surface area (Å²) in [6.07, 6.45) is 3.83. The summed E-state index contributed by atoms with van der Waals surface area (Å²) in [5.41, 5.74) is 2.23. The smallest absolute Gasteiger partial charge is 0.264 e. The van der Waals surface area contributed by atoms with Gasteiger partial charge in [-0.3, -0.25) is 13.9 Å². The molecule has 1 aliphatic carbocycles. The fraction of sp³-hybridized carbons (Fsp3) is 0.355. The normalized spacial score (nSPS) is 14.4. The number of carbonyl (C=O) groups excluding carboxylic acids is 2. The minimum atomic E-state index is -4.21. The Morgan fingerprint density at radius 2 is 1.62 bits per heavy atom. The van der Waals surface area contributed by atoms with Crippen LogP contribution in [0, 0.1) is 13.8 Å². The summed E-state index contributed by atoms with van der Waals surface area (Å²) >= 11 is 18.9. The summed E-state index contributed by atoms with van der Waals surface area (Å²) in [5.74, 6) is -0.891. The second kappa shape index (κ2) is 13.7. The zero-order valence-electron chi connectivity index (χ0n) is 23.7. The molecule has 42 heavy (non-hydrogen) atoms. The summed E-state index contributed by atoms with van der Waals surface area (Å²) in [7, 11) is -4.21. The maximum Gasteiger partial charge on any atom is 0.264 e. The van der Waals surface area contributed by atoms with E-state index in [0.717, 1.165) is 35.6 Å². The van der Waals surface area contributed by atoms with E-state index >= 15 is 0 Å². The van der Waals surface area contributed by atoms with Gasteiger partial charge in [-0.1, -0.05) is 77.5 Å². The Kier molecular flexibility index (Phi) is 10.5. The van der Waals surface area contributed by atoms with Crippen molar-refractivity contribution in [2.75, 3.05) is 10.8 Å². The van der Waals surface area contributed by atoms with E-state index in [9.17, 15) is 18.0 Å². The van der Waals surface area contributed by atoms with Gasteiger partial charge in [-0.25, -0.2) is 8.42 Å². The van der Waals surface area contributed by atoms with Gasteiger partial charge in [-0.15, -0.1) is 0 Å². The fourth-order valence-corrected chi connectivity index (χ4v) is 7.13. The summed E-state index contributed by atoms with van der Waals surface area (Å²) in [4.78, 5) is 28.9. The van der Waals surface area contributed by atoms with Gasteiger partial charge in [0.2, 0.25) is 11.8 Å². The lowest BCUT2D eigenvalue weighted by molar-refractivity contribution is -0.139. The van der Waals surface area contributed by atoms with Crippen LogP contribution >= 0.6 is 34.8 Å². The first-order chi connectivity index (χ1) is 19.9. The third-order valence-electron chi connectivity index (χ3n) is 7.62. The Balaban J connectivity index is 1.74. The second-order valence-corrected chi connectivity index (χ2v) is 13.7. The van der Waals surface area contributed by atoms with Crippen molar-refractivity contribution in [1.82, 2.24) is 10.2 Å². The van der Waals surface area contributed by atoms with Gasteiger partial charge in [0.25, 0.3) is 10.0 Å². The first kappa shape index (κ1) is 32.1. The van der Waals surface area contributed by atoms with Crippen LogP contribution in [0.5, 0.6) is 0 Å². The number of halogens is 3. The largest absolute Gasteiger partial charge is 0.352 e. The van der Waals surface area contributed by atoms with Gasteiger partial charge < -0.3 is 10.2 Å². The van der Waals surface area contributed by atoms with Crippen LogP contribution in [0.3, 0.4) is 0 Å². The Labute approximate surface area is 262 Å². The van der Waals surface area contributed by atoms with Crippen molar-refractivity contribution >= 4 is 62.3 Å². The summed E-state index contributed by atoms with van der Waals surface area (Å²) in [5, 5.41) is 4.17. The Hall–Kier alpha value is -2.78. The summed E-state index contributed by atoms with van der Waals surface area (Å²) < 4.78 is 29.1. The molecule has 0 aliphatic heterocycles. The molecule has 0 bridgehead atoms. The van der Waals surface area contributed by atoms with E-state index in [1.165, 1.54) is 17.0 Å². The molecule has 0 saturated heterocycles. The Bertz CT molecular complexity index is 1560. The number of hydrogen-bond donors (Lipinski definition) is 1. The molecule has 1 aliphatic rings. The number of anilines is 1. The van der Waals surface area contributed by atoms with Crippen LogP contribution in [0.2, 0.25) is 15.1 Å². The van der Waals surface area contributed by atoms with E-state index in [1.807, 2.05) is 6.92 Å². The lowest BCUT2D eigenvalue weighted by atomic mass is 10.1. The zero-order chi connectivity index (χ0) is 30.6. The van der Waals surface area contributed by atoms with Crippen LogP contribution in [0.15, 0.2) is 65.6 Å². The number of hydrogen-bond acceptors (Lipinski definition) is 4. The number of nitrogens with one attached hydrogen (secondary N) is 1. The molecule has 11 heteroatoms. The minimum absolute atomic E-state index is 0.0267. The highest BCUT2D eigenvalue weighted by Gasteiger charge is 2.34. The number of carbonyl (C=O) groups is 2. The lowest BCUT2D eigenvalue weighted by Gasteiger charge is -2.33. The monoisotopic (exact) mass is 649 g/mol. The first-order valence-corrected chi connectivity index (χ1v) is 16.3. The van der Waals surface area contributed by atoms with E-state index in [2.05, 4.69) is 5.32 Å². The van der Waals surface area contributed by atoms with Gasteiger partial charge >= 0.3 is 0 Å². The van der Waals surface area contributed by atoms with Gasteiger partial charge in [0.1, 0.15) is 12.6 Å². The average molecular weight is 651 g/mol. The van der Waals surface area contributed by atoms with Crippen LogP contribution in [0.1, 0.15) is 49.3 Å². The molecule has 224 valence electrons. The molecule has 1 fully saturated rings. The Morgan fingerprint density at radius 3 is 2.26 bits per heavy atom. The van der Waals surface area contributed by atoms with E-state index in [0.29, 0.717) is 26.2 Å². The third-order valence-corrected chi connectivity index (χ3v) is 10.4. The van der Waals surface area contributed by atoms with E-state index in [4.69, 9.17) is 34.8 Å². The summed E-state index contributed by atoms with van der Waals surface area (Å²) in [6, 6.07) is 15.3. The maximum absolute atomic E-state index is 14.2. The summed E-state index contributed by atoms with van der Waals surface area (Å²) in [6.45, 7) is 4.60. The highest BCUT2D eigenvalue weighted by atomic mass is 35.5. The number of sulfonamides is 1. The van der Waals surface area contributed by atoms with Crippen molar-refractivity contribution in [3.05, 3.63) is 92.4 Å². The predicted octanol–water partition coefficient (Wildman–Crippen LogP) is 6.94. The topological polar surface area (TPSA) is 86.8 Å². The first-order valence-electron chi connectivity index (χ1n) is 13.8. The van der Waals surface area contributed by atoms with Crippen molar-refractivity contribution < 1.29 is 18.0 Å². The highest BCUT2D eigenvalue weighted by Crippen LogP contribution is 2.32. The number of amides is 2. The predicted molar refractivity (Wildman–Crippen MR) is 169 cm³/mol. The molecule has 3 aromatic carbocycles. The second-order valence-electron chi connectivity index (χ2n) is 10.6.